The molecule has 1 aromatic rings. The first-order valence-corrected chi connectivity index (χ1v) is 9.11. The Kier molecular flexibility index (Phi) is 7.95. The van der Waals surface area contributed by atoms with Gasteiger partial charge in [0.2, 0.25) is 5.91 Å². The maximum absolute atomic E-state index is 11.9. The standard InChI is InChI=1S/C17H32N6O3/c1-21(2)9-13-10-23(20-19-13)8-7-14-5-6-15(16(12-24)26-14)18-17(25)11-22(3)4/h10,14-16,24H,5-9,11-12H2,1-4H3,(H,18,25)/t14-,15+,16+/m1/s1. The zero-order valence-electron chi connectivity index (χ0n) is 16.3. The molecule has 0 spiro atoms. The van der Waals surface area contributed by atoms with Crippen molar-refractivity contribution in [3.05, 3.63) is 11.9 Å². The van der Waals surface area contributed by atoms with Crippen molar-refractivity contribution in [1.29, 1.82) is 0 Å². The molecule has 1 fully saturated rings. The van der Waals surface area contributed by atoms with E-state index in [0.717, 1.165) is 38.0 Å². The molecule has 0 aliphatic carbocycles. The number of aryl methyl sites for hydroxylation is 1. The molecule has 0 unspecified atom stereocenters. The van der Waals surface area contributed by atoms with Crippen LogP contribution in [0, 0.1) is 0 Å². The van der Waals surface area contributed by atoms with Gasteiger partial charge in [-0.3, -0.25) is 9.48 Å². The molecular weight excluding hydrogens is 336 g/mol. The average molecular weight is 368 g/mol. The highest BCUT2D eigenvalue weighted by atomic mass is 16.5. The van der Waals surface area contributed by atoms with Gasteiger partial charge in [0, 0.05) is 19.3 Å². The van der Waals surface area contributed by atoms with Crippen molar-refractivity contribution < 1.29 is 14.6 Å². The lowest BCUT2D eigenvalue weighted by atomic mass is 9.97. The number of nitrogens with one attached hydrogen (secondary N) is 1. The highest BCUT2D eigenvalue weighted by Gasteiger charge is 2.31. The quantitative estimate of drug-likeness (QED) is 0.596. The molecule has 1 aliphatic heterocycles. The second-order valence-electron chi connectivity index (χ2n) is 7.47. The smallest absolute Gasteiger partial charge is 0.234 e. The van der Waals surface area contributed by atoms with Gasteiger partial charge in [0.25, 0.3) is 0 Å². The van der Waals surface area contributed by atoms with E-state index in [4.69, 9.17) is 4.74 Å². The number of carbonyl (C=O) groups excluding carboxylic acids is 1. The second kappa shape index (κ2) is 9.96. The van der Waals surface area contributed by atoms with E-state index in [1.807, 2.05) is 44.0 Å². The Labute approximate surface area is 155 Å². The molecule has 2 N–H and O–H groups in total. The van der Waals surface area contributed by atoms with E-state index in [-0.39, 0.29) is 30.8 Å². The minimum Gasteiger partial charge on any atom is -0.394 e. The molecule has 2 heterocycles. The molecule has 2 rings (SSSR count). The summed E-state index contributed by atoms with van der Waals surface area (Å²) < 4.78 is 7.83. The number of rotatable bonds is 9. The summed E-state index contributed by atoms with van der Waals surface area (Å²) in [5.41, 5.74) is 0.941. The van der Waals surface area contributed by atoms with Crippen LogP contribution in [-0.4, -0.2) is 95.4 Å². The van der Waals surface area contributed by atoms with Crippen LogP contribution in [0.3, 0.4) is 0 Å². The maximum Gasteiger partial charge on any atom is 0.234 e. The second-order valence-corrected chi connectivity index (χ2v) is 7.47. The normalized spacial score (nSPS) is 23.6. The zero-order valence-corrected chi connectivity index (χ0v) is 16.3. The van der Waals surface area contributed by atoms with E-state index in [2.05, 4.69) is 20.5 Å². The van der Waals surface area contributed by atoms with Crippen molar-refractivity contribution in [2.75, 3.05) is 41.3 Å². The minimum atomic E-state index is -0.361. The highest BCUT2D eigenvalue weighted by Crippen LogP contribution is 2.22. The SMILES string of the molecule is CN(C)CC(=O)N[C@H]1CC[C@H](CCn2cc(CN(C)C)nn2)O[C@H]1CO. The molecule has 26 heavy (non-hydrogen) atoms. The molecule has 0 aromatic carbocycles. The van der Waals surface area contributed by atoms with E-state index in [1.165, 1.54) is 0 Å². The number of hydrogen-bond donors (Lipinski definition) is 2. The summed E-state index contributed by atoms with van der Waals surface area (Å²) in [6.07, 6.45) is 4.10. The van der Waals surface area contributed by atoms with Crippen molar-refractivity contribution in [3.63, 3.8) is 0 Å². The molecule has 1 amide bonds. The maximum atomic E-state index is 11.9. The van der Waals surface area contributed by atoms with Gasteiger partial charge in [0.1, 0.15) is 6.10 Å². The van der Waals surface area contributed by atoms with Crippen LogP contribution in [-0.2, 0) is 22.6 Å². The molecule has 0 saturated carbocycles. The minimum absolute atomic E-state index is 0.0449. The first kappa shape index (κ1) is 20.8. The Balaban J connectivity index is 1.79. The Morgan fingerprint density at radius 3 is 2.77 bits per heavy atom. The van der Waals surface area contributed by atoms with Gasteiger partial charge in [-0.2, -0.15) is 0 Å². The molecule has 148 valence electrons. The van der Waals surface area contributed by atoms with Gasteiger partial charge in [-0.15, -0.1) is 5.10 Å². The highest BCUT2D eigenvalue weighted by molar-refractivity contribution is 5.78. The Bertz CT molecular complexity index is 562. The van der Waals surface area contributed by atoms with Crippen molar-refractivity contribution in [1.82, 2.24) is 30.1 Å². The third-order valence-electron chi connectivity index (χ3n) is 4.35. The van der Waals surface area contributed by atoms with Gasteiger partial charge in [0.15, 0.2) is 0 Å². The van der Waals surface area contributed by atoms with Crippen LogP contribution in [0.25, 0.3) is 0 Å². The van der Waals surface area contributed by atoms with Gasteiger partial charge in [0.05, 0.1) is 31.0 Å². The fourth-order valence-corrected chi connectivity index (χ4v) is 3.17. The van der Waals surface area contributed by atoms with Crippen LogP contribution >= 0.6 is 0 Å². The third-order valence-corrected chi connectivity index (χ3v) is 4.35. The molecule has 1 saturated heterocycles. The van der Waals surface area contributed by atoms with Crippen LogP contribution in [0.5, 0.6) is 0 Å². The summed E-state index contributed by atoms with van der Waals surface area (Å²) >= 11 is 0. The number of aliphatic hydroxyl groups is 1. The first-order valence-electron chi connectivity index (χ1n) is 9.11. The van der Waals surface area contributed by atoms with Crippen molar-refractivity contribution >= 4 is 5.91 Å². The molecule has 0 radical (unpaired) electrons. The average Bonchev–Trinajstić information content (AvgIpc) is 2.99. The lowest BCUT2D eigenvalue weighted by Gasteiger charge is -2.36. The van der Waals surface area contributed by atoms with Crippen LogP contribution < -0.4 is 5.32 Å². The monoisotopic (exact) mass is 368 g/mol. The van der Waals surface area contributed by atoms with Gasteiger partial charge >= 0.3 is 0 Å². The summed E-state index contributed by atoms with van der Waals surface area (Å²) in [7, 11) is 7.70. The number of nitrogens with zero attached hydrogens (tertiary/aromatic N) is 5. The number of ether oxygens (including phenoxy) is 1. The number of likely N-dealkylation sites (N-methyl/N-ethyl adjacent to an activating group) is 1. The van der Waals surface area contributed by atoms with Crippen molar-refractivity contribution in [2.24, 2.45) is 0 Å². The summed E-state index contributed by atoms with van der Waals surface area (Å²) in [6, 6.07) is -0.137. The van der Waals surface area contributed by atoms with Gasteiger partial charge in [-0.1, -0.05) is 5.21 Å². The van der Waals surface area contributed by atoms with E-state index >= 15 is 0 Å². The third kappa shape index (κ3) is 6.64. The summed E-state index contributed by atoms with van der Waals surface area (Å²) in [6.45, 7) is 1.72. The fourth-order valence-electron chi connectivity index (χ4n) is 3.17. The molecule has 3 atom stereocenters. The predicted molar refractivity (Wildman–Crippen MR) is 97.5 cm³/mol. The topological polar surface area (TPSA) is 95.8 Å². The predicted octanol–water partition coefficient (Wildman–Crippen LogP) is -0.684. The number of hydrogen-bond acceptors (Lipinski definition) is 7. The zero-order chi connectivity index (χ0) is 19.1. The van der Waals surface area contributed by atoms with Crippen molar-refractivity contribution in [3.8, 4) is 0 Å². The number of aliphatic hydroxyl groups excluding tert-OH is 1. The first-order chi connectivity index (χ1) is 12.4. The van der Waals surface area contributed by atoms with Gasteiger partial charge < -0.3 is 25.0 Å². The Hall–Kier alpha value is -1.55. The van der Waals surface area contributed by atoms with E-state index < -0.39 is 0 Å². The molecule has 1 aliphatic rings. The molecule has 1 aromatic heterocycles. The number of carbonyl (C=O) groups is 1. The largest absolute Gasteiger partial charge is 0.394 e. The van der Waals surface area contributed by atoms with Crippen LogP contribution in [0.1, 0.15) is 25.0 Å². The van der Waals surface area contributed by atoms with Crippen LogP contribution in [0.15, 0.2) is 6.20 Å². The molecule has 9 nitrogen and oxygen atoms in total. The summed E-state index contributed by atoms with van der Waals surface area (Å²) in [4.78, 5) is 15.8. The van der Waals surface area contributed by atoms with Crippen LogP contribution in [0.2, 0.25) is 0 Å². The van der Waals surface area contributed by atoms with E-state index in [0.29, 0.717) is 6.54 Å². The van der Waals surface area contributed by atoms with Gasteiger partial charge in [-0.25, -0.2) is 0 Å². The van der Waals surface area contributed by atoms with E-state index in [9.17, 15) is 9.90 Å². The lowest BCUT2D eigenvalue weighted by Crippen LogP contribution is -2.52. The molecular formula is C17H32N6O3. The Morgan fingerprint density at radius 1 is 1.35 bits per heavy atom. The lowest BCUT2D eigenvalue weighted by molar-refractivity contribution is -0.129. The van der Waals surface area contributed by atoms with Gasteiger partial charge in [-0.05, 0) is 47.5 Å². The van der Waals surface area contributed by atoms with Crippen molar-refractivity contribution in [2.45, 2.75) is 50.6 Å². The van der Waals surface area contributed by atoms with E-state index in [1.54, 1.807) is 0 Å². The number of aromatic nitrogens is 3. The molecule has 0 bridgehead atoms. The molecule has 9 heteroatoms. The summed E-state index contributed by atoms with van der Waals surface area (Å²) in [5, 5.41) is 20.9. The van der Waals surface area contributed by atoms with Crippen LogP contribution in [0.4, 0.5) is 0 Å². The Morgan fingerprint density at radius 2 is 2.12 bits per heavy atom. The number of amides is 1. The fraction of sp³-hybridized carbons (Fsp3) is 0.824. The summed E-state index contributed by atoms with van der Waals surface area (Å²) in [5.74, 6) is -0.0449.